The highest BCUT2D eigenvalue weighted by atomic mass is 15.1. The summed E-state index contributed by atoms with van der Waals surface area (Å²) in [6.45, 7) is 3.98. The van der Waals surface area contributed by atoms with E-state index in [1.54, 1.807) is 0 Å². The highest BCUT2D eigenvalue weighted by molar-refractivity contribution is 5.48. The number of benzene rings is 1. The standard InChI is InChI=1S/C20H28N4/c1-14-5-3-7-16(11-14)22-13-17-18(8-10-21-2)23-24-19(17)20-9-4-6-15(20)12-20/h3,5,7,11,15,21-22H,4,6,8-10,12-13H2,1-2H3,(H,23,24). The zero-order chi connectivity index (χ0) is 16.6. The Balaban J connectivity index is 1.58. The lowest BCUT2D eigenvalue weighted by Gasteiger charge is -2.14. The van der Waals surface area contributed by atoms with E-state index in [1.807, 2.05) is 7.05 Å². The molecule has 24 heavy (non-hydrogen) atoms. The molecule has 2 aliphatic carbocycles. The minimum Gasteiger partial charge on any atom is -0.381 e. The third kappa shape index (κ3) is 2.73. The molecule has 4 rings (SSSR count). The number of hydrogen-bond donors (Lipinski definition) is 3. The second-order valence-electron chi connectivity index (χ2n) is 7.56. The van der Waals surface area contributed by atoms with Crippen LogP contribution in [-0.2, 0) is 18.4 Å². The van der Waals surface area contributed by atoms with Gasteiger partial charge in [-0.15, -0.1) is 0 Å². The Morgan fingerprint density at radius 2 is 2.29 bits per heavy atom. The average Bonchev–Trinajstić information content (AvgIpc) is 2.94. The van der Waals surface area contributed by atoms with E-state index in [1.165, 1.54) is 53.9 Å². The Hall–Kier alpha value is -1.81. The first-order valence-corrected chi connectivity index (χ1v) is 9.25. The molecular weight excluding hydrogens is 296 g/mol. The van der Waals surface area contributed by atoms with Crippen LogP contribution in [0.3, 0.4) is 0 Å². The van der Waals surface area contributed by atoms with Gasteiger partial charge in [0.25, 0.3) is 0 Å². The quantitative estimate of drug-likeness (QED) is 0.730. The van der Waals surface area contributed by atoms with Crippen molar-refractivity contribution < 1.29 is 0 Å². The van der Waals surface area contributed by atoms with Crippen LogP contribution in [0.15, 0.2) is 24.3 Å². The number of nitrogens with zero attached hydrogens (tertiary/aromatic N) is 1. The molecule has 1 aromatic carbocycles. The second kappa shape index (κ2) is 6.25. The first-order chi connectivity index (χ1) is 11.7. The average molecular weight is 324 g/mol. The lowest BCUT2D eigenvalue weighted by molar-refractivity contribution is 0.626. The van der Waals surface area contributed by atoms with Crippen LogP contribution in [0.25, 0.3) is 0 Å². The summed E-state index contributed by atoms with van der Waals surface area (Å²) >= 11 is 0. The molecule has 2 fully saturated rings. The predicted octanol–water partition coefficient (Wildman–Crippen LogP) is 3.53. The third-order valence-electron chi connectivity index (χ3n) is 5.94. The number of rotatable bonds is 7. The van der Waals surface area contributed by atoms with E-state index in [0.717, 1.165) is 25.4 Å². The van der Waals surface area contributed by atoms with Crippen LogP contribution >= 0.6 is 0 Å². The molecule has 0 amide bonds. The van der Waals surface area contributed by atoms with Crippen molar-refractivity contribution in [2.75, 3.05) is 18.9 Å². The summed E-state index contributed by atoms with van der Waals surface area (Å²) in [7, 11) is 2.01. The maximum absolute atomic E-state index is 4.80. The van der Waals surface area contributed by atoms with Crippen molar-refractivity contribution in [1.82, 2.24) is 15.5 Å². The summed E-state index contributed by atoms with van der Waals surface area (Å²) in [5, 5.41) is 15.0. The molecular formula is C20H28N4. The highest BCUT2D eigenvalue weighted by Gasteiger charge is 2.60. The number of nitrogens with one attached hydrogen (secondary N) is 3. The van der Waals surface area contributed by atoms with Gasteiger partial charge in [-0.25, -0.2) is 0 Å². The largest absolute Gasteiger partial charge is 0.381 e. The summed E-state index contributed by atoms with van der Waals surface area (Å²) < 4.78 is 0. The lowest BCUT2D eigenvalue weighted by atomic mass is 9.94. The molecule has 2 atom stereocenters. The van der Waals surface area contributed by atoms with Gasteiger partial charge in [-0.1, -0.05) is 18.6 Å². The van der Waals surface area contributed by atoms with Crippen LogP contribution in [0.2, 0.25) is 0 Å². The molecule has 3 N–H and O–H groups in total. The number of H-pyrrole nitrogens is 1. The lowest BCUT2D eigenvalue weighted by Crippen LogP contribution is -2.15. The van der Waals surface area contributed by atoms with Gasteiger partial charge in [0.1, 0.15) is 0 Å². The SMILES string of the molecule is CNCCc1[nH]nc(C23CCCC2C3)c1CNc1cccc(C)c1. The normalized spacial score (nSPS) is 24.8. The summed E-state index contributed by atoms with van der Waals surface area (Å²) in [5.74, 6) is 0.885. The molecule has 1 heterocycles. The van der Waals surface area contributed by atoms with Crippen molar-refractivity contribution in [3.63, 3.8) is 0 Å². The van der Waals surface area contributed by atoms with E-state index >= 15 is 0 Å². The molecule has 0 aliphatic heterocycles. The van der Waals surface area contributed by atoms with Gasteiger partial charge >= 0.3 is 0 Å². The summed E-state index contributed by atoms with van der Waals surface area (Å²) in [6, 6.07) is 8.61. The Morgan fingerprint density at radius 3 is 3.00 bits per heavy atom. The summed E-state index contributed by atoms with van der Waals surface area (Å²) in [6.07, 6.45) is 6.44. The van der Waals surface area contributed by atoms with E-state index in [0.29, 0.717) is 5.41 Å². The van der Waals surface area contributed by atoms with Gasteiger partial charge in [0.05, 0.1) is 5.69 Å². The van der Waals surface area contributed by atoms with Crippen LogP contribution in [0.1, 0.15) is 48.2 Å². The molecule has 0 radical (unpaired) electrons. The minimum absolute atomic E-state index is 0.401. The smallest absolute Gasteiger partial charge is 0.0739 e. The molecule has 4 heteroatoms. The van der Waals surface area contributed by atoms with Gasteiger partial charge in [0, 0.05) is 41.9 Å². The Kier molecular flexibility index (Phi) is 4.09. The van der Waals surface area contributed by atoms with Crippen LogP contribution in [0, 0.1) is 12.8 Å². The molecule has 2 unspecified atom stereocenters. The number of fused-ring (bicyclic) bond motifs is 1. The monoisotopic (exact) mass is 324 g/mol. The first kappa shape index (κ1) is 15.7. The zero-order valence-electron chi connectivity index (χ0n) is 14.8. The fraction of sp³-hybridized carbons (Fsp3) is 0.550. The molecule has 2 saturated carbocycles. The molecule has 2 aromatic rings. The molecule has 1 aromatic heterocycles. The van der Waals surface area contributed by atoms with Gasteiger partial charge < -0.3 is 10.6 Å². The summed E-state index contributed by atoms with van der Waals surface area (Å²) in [5.41, 5.74) is 6.95. The molecule has 0 spiro atoms. The number of hydrogen-bond acceptors (Lipinski definition) is 3. The third-order valence-corrected chi connectivity index (χ3v) is 5.94. The topological polar surface area (TPSA) is 52.7 Å². The van der Waals surface area contributed by atoms with E-state index < -0.39 is 0 Å². The number of aromatic nitrogens is 2. The first-order valence-electron chi connectivity index (χ1n) is 9.25. The van der Waals surface area contributed by atoms with Crippen LogP contribution in [-0.4, -0.2) is 23.8 Å². The minimum atomic E-state index is 0.401. The van der Waals surface area contributed by atoms with Crippen molar-refractivity contribution >= 4 is 5.69 Å². The maximum Gasteiger partial charge on any atom is 0.0739 e. The number of aromatic amines is 1. The number of anilines is 1. The van der Waals surface area contributed by atoms with Gasteiger partial charge in [0.15, 0.2) is 0 Å². The Morgan fingerprint density at radius 1 is 1.38 bits per heavy atom. The van der Waals surface area contributed by atoms with Gasteiger partial charge in [-0.3, -0.25) is 5.10 Å². The van der Waals surface area contributed by atoms with Crippen molar-refractivity contribution in [3.8, 4) is 0 Å². The van der Waals surface area contributed by atoms with Gasteiger partial charge in [-0.05, 0) is 56.8 Å². The van der Waals surface area contributed by atoms with E-state index in [4.69, 9.17) is 5.10 Å². The Bertz CT molecular complexity index is 720. The zero-order valence-corrected chi connectivity index (χ0v) is 14.8. The maximum atomic E-state index is 4.80. The van der Waals surface area contributed by atoms with Crippen LogP contribution in [0.4, 0.5) is 5.69 Å². The van der Waals surface area contributed by atoms with E-state index in [2.05, 4.69) is 46.9 Å². The van der Waals surface area contributed by atoms with E-state index in [9.17, 15) is 0 Å². The van der Waals surface area contributed by atoms with Gasteiger partial charge in [0.2, 0.25) is 0 Å². The molecule has 4 nitrogen and oxygen atoms in total. The Labute approximate surface area is 144 Å². The highest BCUT2D eigenvalue weighted by Crippen LogP contribution is 2.64. The second-order valence-corrected chi connectivity index (χ2v) is 7.56. The number of likely N-dealkylation sites (N-methyl/N-ethyl adjacent to an activating group) is 1. The fourth-order valence-corrected chi connectivity index (χ4v) is 4.54. The number of aryl methyl sites for hydroxylation is 1. The van der Waals surface area contributed by atoms with Crippen LogP contribution in [0.5, 0.6) is 0 Å². The molecule has 2 aliphatic rings. The fourth-order valence-electron chi connectivity index (χ4n) is 4.54. The molecule has 0 bridgehead atoms. The molecule has 0 saturated heterocycles. The molecule has 128 valence electrons. The predicted molar refractivity (Wildman–Crippen MR) is 98.4 cm³/mol. The summed E-state index contributed by atoms with van der Waals surface area (Å²) in [4.78, 5) is 0. The van der Waals surface area contributed by atoms with E-state index in [-0.39, 0.29) is 0 Å². The van der Waals surface area contributed by atoms with Crippen molar-refractivity contribution in [2.45, 2.75) is 51.0 Å². The van der Waals surface area contributed by atoms with Crippen LogP contribution < -0.4 is 10.6 Å². The van der Waals surface area contributed by atoms with Crippen molar-refractivity contribution in [1.29, 1.82) is 0 Å². The van der Waals surface area contributed by atoms with Gasteiger partial charge in [-0.2, -0.15) is 5.10 Å². The van der Waals surface area contributed by atoms with Crippen molar-refractivity contribution in [3.05, 3.63) is 46.8 Å². The van der Waals surface area contributed by atoms with Crippen molar-refractivity contribution in [2.24, 2.45) is 5.92 Å².